The lowest BCUT2D eigenvalue weighted by molar-refractivity contribution is -0.303. The van der Waals surface area contributed by atoms with E-state index in [4.69, 9.17) is 9.47 Å². The molecule has 380 valence electrons. The van der Waals surface area contributed by atoms with Gasteiger partial charge in [-0.1, -0.05) is 225 Å². The Kier molecular flexibility index (Phi) is 41.0. The number of unbranched alkanes of at least 4 members (excludes halogenated alkanes) is 32. The average Bonchev–Trinajstić information content (AvgIpc) is 3.29. The van der Waals surface area contributed by atoms with Crippen molar-refractivity contribution in [1.82, 2.24) is 5.32 Å². The van der Waals surface area contributed by atoms with E-state index >= 15 is 0 Å². The summed E-state index contributed by atoms with van der Waals surface area (Å²) in [7, 11) is 0. The highest BCUT2D eigenvalue weighted by Crippen LogP contribution is 2.23. The maximum absolute atomic E-state index is 13.1. The van der Waals surface area contributed by atoms with E-state index in [9.17, 15) is 40.5 Å². The molecule has 0 bridgehead atoms. The number of rotatable bonds is 46. The summed E-state index contributed by atoms with van der Waals surface area (Å²) in [5.41, 5.74) is 0. The van der Waals surface area contributed by atoms with Gasteiger partial charge in [-0.3, -0.25) is 4.79 Å². The van der Waals surface area contributed by atoms with Crippen LogP contribution in [0.2, 0.25) is 0 Å². The molecule has 1 heterocycles. The number of carbonyl (C=O) groups is 1. The van der Waals surface area contributed by atoms with Gasteiger partial charge in [-0.15, -0.1) is 0 Å². The molecular weight excluding hydrogens is 811 g/mol. The van der Waals surface area contributed by atoms with Crippen LogP contribution in [0.15, 0.2) is 12.2 Å². The molecule has 1 aliphatic heterocycles. The van der Waals surface area contributed by atoms with Crippen molar-refractivity contribution in [3.8, 4) is 0 Å². The van der Waals surface area contributed by atoms with Gasteiger partial charge in [0.15, 0.2) is 6.29 Å². The predicted octanol–water partition coefficient (Wildman–Crippen LogP) is 10.4. The van der Waals surface area contributed by atoms with Gasteiger partial charge in [-0.25, -0.2) is 0 Å². The molecule has 11 heteroatoms. The molecule has 1 aliphatic rings. The predicted molar refractivity (Wildman–Crippen MR) is 261 cm³/mol. The number of allylic oxidation sites excluding steroid dienone is 2. The highest BCUT2D eigenvalue weighted by Gasteiger charge is 2.44. The zero-order valence-electron chi connectivity index (χ0n) is 41.3. The number of ether oxygens (including phenoxy) is 2. The van der Waals surface area contributed by atoms with E-state index in [-0.39, 0.29) is 12.8 Å². The summed E-state index contributed by atoms with van der Waals surface area (Å²) >= 11 is 0. The Balaban J connectivity index is 2.34. The topological polar surface area (TPSA) is 189 Å². The second kappa shape index (κ2) is 43.2. The molecule has 11 nitrogen and oxygen atoms in total. The second-order valence-corrected chi connectivity index (χ2v) is 19.3. The SMILES string of the molecule is CCCCCCCCCCCCCCCCCCCCC/C=C/CCCC(O)C(O)C(COC1OC(CO)C(O)C(O)C1O)NC(=O)C(O)CCCCCCCCCCCCCCC. The molecule has 64 heavy (non-hydrogen) atoms. The first-order valence-corrected chi connectivity index (χ1v) is 27.1. The first-order chi connectivity index (χ1) is 31.2. The van der Waals surface area contributed by atoms with Crippen molar-refractivity contribution in [2.45, 2.75) is 306 Å². The highest BCUT2D eigenvalue weighted by atomic mass is 16.7. The van der Waals surface area contributed by atoms with Gasteiger partial charge < -0.3 is 50.5 Å². The largest absolute Gasteiger partial charge is 0.394 e. The Morgan fingerprint density at radius 1 is 0.531 bits per heavy atom. The summed E-state index contributed by atoms with van der Waals surface area (Å²) in [6.45, 7) is 3.45. The summed E-state index contributed by atoms with van der Waals surface area (Å²) < 4.78 is 11.1. The molecule has 0 aliphatic carbocycles. The van der Waals surface area contributed by atoms with Crippen molar-refractivity contribution in [3.63, 3.8) is 0 Å². The van der Waals surface area contributed by atoms with Crippen LogP contribution in [0.4, 0.5) is 0 Å². The summed E-state index contributed by atoms with van der Waals surface area (Å²) in [5, 5.41) is 75.9. The van der Waals surface area contributed by atoms with Crippen LogP contribution in [0.3, 0.4) is 0 Å². The van der Waals surface area contributed by atoms with Crippen molar-refractivity contribution in [3.05, 3.63) is 12.2 Å². The number of hydrogen-bond acceptors (Lipinski definition) is 10. The van der Waals surface area contributed by atoms with Crippen LogP contribution in [-0.2, 0) is 14.3 Å². The quantitative estimate of drug-likeness (QED) is 0.0216. The Bertz CT molecular complexity index is 1050. The zero-order chi connectivity index (χ0) is 46.9. The Morgan fingerprint density at radius 2 is 0.922 bits per heavy atom. The van der Waals surface area contributed by atoms with Crippen molar-refractivity contribution in [2.24, 2.45) is 0 Å². The fourth-order valence-electron chi connectivity index (χ4n) is 8.85. The maximum Gasteiger partial charge on any atom is 0.249 e. The molecule has 8 N–H and O–H groups in total. The van der Waals surface area contributed by atoms with E-state index in [1.807, 2.05) is 0 Å². The molecule has 0 aromatic rings. The Hall–Kier alpha value is -1.15. The molecule has 0 spiro atoms. The fraction of sp³-hybridized carbons (Fsp3) is 0.943. The molecule has 9 atom stereocenters. The van der Waals surface area contributed by atoms with E-state index in [2.05, 4.69) is 31.3 Å². The van der Waals surface area contributed by atoms with Gasteiger partial charge in [0.2, 0.25) is 5.91 Å². The molecule has 9 unspecified atom stereocenters. The van der Waals surface area contributed by atoms with Gasteiger partial charge in [0.05, 0.1) is 25.4 Å². The number of nitrogens with one attached hydrogen (secondary N) is 1. The Labute approximate surface area is 392 Å². The highest BCUT2D eigenvalue weighted by molar-refractivity contribution is 5.80. The van der Waals surface area contributed by atoms with Crippen molar-refractivity contribution in [2.75, 3.05) is 13.2 Å². The summed E-state index contributed by atoms with van der Waals surface area (Å²) in [6, 6.07) is -1.18. The smallest absolute Gasteiger partial charge is 0.249 e. The summed E-state index contributed by atoms with van der Waals surface area (Å²) in [5.74, 6) is -0.703. The van der Waals surface area contributed by atoms with Crippen molar-refractivity contribution in [1.29, 1.82) is 0 Å². The third-order valence-corrected chi connectivity index (χ3v) is 13.3. The van der Waals surface area contributed by atoms with Crippen LogP contribution < -0.4 is 5.32 Å². The standard InChI is InChI=1S/C53H103NO10/c1-3-5-7-9-11-13-15-17-18-19-20-21-22-23-24-25-26-27-29-30-32-34-36-38-40-45(56)48(58)44(43-63-53-51(61)50(60)49(59)47(42-55)64-53)54-52(62)46(57)41-39-37-35-33-31-28-16-14-12-10-8-6-4-2/h32,34,44-51,53,55-61H,3-31,33,35-43H2,1-2H3,(H,54,62)/b34-32+. The fourth-order valence-corrected chi connectivity index (χ4v) is 8.85. The third kappa shape index (κ3) is 31.8. The number of carbonyl (C=O) groups excluding carboxylic acids is 1. The van der Waals surface area contributed by atoms with Crippen LogP contribution in [0.1, 0.15) is 251 Å². The van der Waals surface area contributed by atoms with E-state index in [0.717, 1.165) is 38.5 Å². The minimum atomic E-state index is -1.66. The molecule has 0 radical (unpaired) electrons. The van der Waals surface area contributed by atoms with Gasteiger partial charge in [0, 0.05) is 0 Å². The molecule has 0 aromatic carbocycles. The summed E-state index contributed by atoms with van der Waals surface area (Å²) in [6.07, 6.45) is 37.0. The average molecular weight is 914 g/mol. The normalized spacial score (nSPS) is 21.0. The van der Waals surface area contributed by atoms with Crippen molar-refractivity contribution < 1.29 is 50.0 Å². The first kappa shape index (κ1) is 60.9. The first-order valence-electron chi connectivity index (χ1n) is 27.1. The lowest BCUT2D eigenvalue weighted by Crippen LogP contribution is -2.60. The number of aliphatic hydroxyl groups is 7. The van der Waals surface area contributed by atoms with Gasteiger partial charge in [-0.2, -0.15) is 0 Å². The van der Waals surface area contributed by atoms with E-state index in [1.54, 1.807) is 0 Å². The molecule has 1 rings (SSSR count). The minimum Gasteiger partial charge on any atom is -0.394 e. The van der Waals surface area contributed by atoms with Crippen LogP contribution in [-0.4, -0.2) is 110 Å². The van der Waals surface area contributed by atoms with Crippen LogP contribution >= 0.6 is 0 Å². The minimum absolute atomic E-state index is 0.258. The number of amides is 1. The van der Waals surface area contributed by atoms with E-state index < -0.39 is 74.2 Å². The van der Waals surface area contributed by atoms with Crippen LogP contribution in [0.5, 0.6) is 0 Å². The van der Waals surface area contributed by atoms with Crippen LogP contribution in [0.25, 0.3) is 0 Å². The van der Waals surface area contributed by atoms with E-state index in [1.165, 1.54) is 173 Å². The van der Waals surface area contributed by atoms with E-state index in [0.29, 0.717) is 12.8 Å². The molecule has 1 amide bonds. The number of hydrogen-bond donors (Lipinski definition) is 8. The summed E-state index contributed by atoms with van der Waals surface area (Å²) in [4.78, 5) is 13.1. The second-order valence-electron chi connectivity index (χ2n) is 19.3. The molecule has 0 aromatic heterocycles. The van der Waals surface area contributed by atoms with Gasteiger partial charge in [0.25, 0.3) is 0 Å². The number of aliphatic hydroxyl groups excluding tert-OH is 7. The van der Waals surface area contributed by atoms with Gasteiger partial charge in [0.1, 0.15) is 36.6 Å². The maximum atomic E-state index is 13.1. The molecule has 0 saturated carbocycles. The molecule has 1 fully saturated rings. The molecular formula is C53H103NO10. The lowest BCUT2D eigenvalue weighted by Gasteiger charge is -2.40. The van der Waals surface area contributed by atoms with Crippen molar-refractivity contribution >= 4 is 5.91 Å². The molecule has 1 saturated heterocycles. The van der Waals surface area contributed by atoms with Gasteiger partial charge >= 0.3 is 0 Å². The third-order valence-electron chi connectivity index (χ3n) is 13.3. The van der Waals surface area contributed by atoms with Crippen LogP contribution in [0, 0.1) is 0 Å². The Morgan fingerprint density at radius 3 is 1.34 bits per heavy atom. The lowest BCUT2D eigenvalue weighted by atomic mass is 9.98. The van der Waals surface area contributed by atoms with Gasteiger partial charge in [-0.05, 0) is 38.5 Å². The zero-order valence-corrected chi connectivity index (χ0v) is 41.3. The monoisotopic (exact) mass is 914 g/mol.